The van der Waals surface area contributed by atoms with Crippen LogP contribution in [-0.4, -0.2) is 60.9 Å². The highest BCUT2D eigenvalue weighted by atomic mass is 33.1. The Hall–Kier alpha value is -1.87. The number of rotatable bonds is 30. The van der Waals surface area contributed by atoms with Crippen molar-refractivity contribution < 1.29 is 23.9 Å². The molecule has 0 spiro atoms. The third-order valence-corrected chi connectivity index (χ3v) is 9.69. The first-order chi connectivity index (χ1) is 22.9. The van der Waals surface area contributed by atoms with Crippen molar-refractivity contribution in [1.29, 1.82) is 0 Å². The first kappa shape index (κ1) is 46.1. The molecule has 1 N–H and O–H groups in total. The third kappa shape index (κ3) is 29.1. The van der Waals surface area contributed by atoms with Crippen LogP contribution in [0.2, 0.25) is 0 Å². The van der Waals surface area contributed by atoms with E-state index in [0.29, 0.717) is 45.3 Å². The van der Waals surface area contributed by atoms with Crippen molar-refractivity contribution >= 4 is 39.1 Å². The van der Waals surface area contributed by atoms with Crippen LogP contribution in [0.1, 0.15) is 125 Å². The predicted octanol–water partition coefficient (Wildman–Crippen LogP) is 10.4. The summed E-state index contributed by atoms with van der Waals surface area (Å²) in [5, 5.41) is 2.99. The van der Waals surface area contributed by atoms with Gasteiger partial charge in [0.1, 0.15) is 11.9 Å². The van der Waals surface area contributed by atoms with E-state index >= 15 is 0 Å². The van der Waals surface area contributed by atoms with Crippen LogP contribution in [0.25, 0.3) is 0 Å². The quantitative estimate of drug-likeness (QED) is 0.0453. The number of hydrogen-bond acceptors (Lipinski definition) is 7. The van der Waals surface area contributed by atoms with Gasteiger partial charge in [-0.2, -0.15) is 0 Å². The lowest BCUT2D eigenvalue weighted by atomic mass is 9.83. The summed E-state index contributed by atoms with van der Waals surface area (Å²) >= 11 is 0. The summed E-state index contributed by atoms with van der Waals surface area (Å²) in [7, 11) is 5.03. The van der Waals surface area contributed by atoms with E-state index < -0.39 is 11.5 Å². The lowest BCUT2D eigenvalue weighted by Crippen LogP contribution is -2.43. The second-order valence-corrected chi connectivity index (χ2v) is 16.3. The van der Waals surface area contributed by atoms with Crippen LogP contribution in [0, 0.1) is 5.41 Å². The summed E-state index contributed by atoms with van der Waals surface area (Å²) in [6, 6.07) is 0. The molecule has 0 aromatic heterocycles. The maximum absolute atomic E-state index is 12.8. The molecule has 0 rings (SSSR count). The first-order valence-corrected chi connectivity index (χ1v) is 20.4. The molecule has 1 atom stereocenters. The molecule has 0 aliphatic rings. The number of methoxy groups -OCH3 is 1. The van der Waals surface area contributed by atoms with E-state index in [1.54, 1.807) is 28.7 Å². The zero-order chi connectivity index (χ0) is 35.9. The van der Waals surface area contributed by atoms with Crippen molar-refractivity contribution in [3.8, 4) is 0 Å². The van der Waals surface area contributed by atoms with Crippen molar-refractivity contribution in [2.75, 3.05) is 31.8 Å². The lowest BCUT2D eigenvalue weighted by molar-refractivity contribution is -0.143. The van der Waals surface area contributed by atoms with Gasteiger partial charge in [-0.25, -0.2) is 0 Å². The number of carbonyl (C=O) groups is 3. The van der Waals surface area contributed by atoms with Gasteiger partial charge in [-0.1, -0.05) is 103 Å². The number of unbranched alkanes of at least 4 members (excludes halogenated alkanes) is 1. The van der Waals surface area contributed by atoms with Crippen LogP contribution in [-0.2, 0) is 23.9 Å². The monoisotopic (exact) mass is 705 g/mol. The lowest BCUT2D eigenvalue weighted by Gasteiger charge is -2.34. The number of hydrogen-bond donors (Lipinski definition) is 1. The van der Waals surface area contributed by atoms with E-state index in [0.717, 1.165) is 62.9 Å². The van der Waals surface area contributed by atoms with Gasteiger partial charge in [0.05, 0.1) is 12.2 Å². The summed E-state index contributed by atoms with van der Waals surface area (Å²) in [5.41, 5.74) is -0.728. The highest BCUT2D eigenvalue weighted by molar-refractivity contribution is 8.76. The molecular formula is C40H67NO5S2. The van der Waals surface area contributed by atoms with E-state index in [9.17, 15) is 14.4 Å². The van der Waals surface area contributed by atoms with Crippen LogP contribution in [0.15, 0.2) is 60.8 Å². The average molecular weight is 706 g/mol. The molecule has 0 aliphatic heterocycles. The van der Waals surface area contributed by atoms with Gasteiger partial charge in [0.15, 0.2) is 5.78 Å². The number of ketones is 2. The molecule has 0 heterocycles. The minimum atomic E-state index is -0.553. The highest BCUT2D eigenvalue weighted by Crippen LogP contribution is 2.28. The van der Waals surface area contributed by atoms with Crippen molar-refractivity contribution in [1.82, 2.24) is 5.32 Å². The molecule has 0 aromatic rings. The normalized spacial score (nSPS) is 13.6. The third-order valence-electron chi connectivity index (χ3n) is 7.20. The smallest absolute Gasteiger partial charge is 0.220 e. The fourth-order valence-electron chi connectivity index (χ4n) is 4.60. The summed E-state index contributed by atoms with van der Waals surface area (Å²) in [5.74, 6) is 2.07. The molecule has 274 valence electrons. The maximum atomic E-state index is 12.8. The molecule has 0 radical (unpaired) electrons. The molecule has 1 amide bonds. The largest absolute Gasteiger partial charge is 0.375 e. The molecule has 48 heavy (non-hydrogen) atoms. The van der Waals surface area contributed by atoms with Gasteiger partial charge in [-0.3, -0.25) is 14.4 Å². The molecule has 0 saturated carbocycles. The summed E-state index contributed by atoms with van der Waals surface area (Å²) in [6.07, 6.45) is 31.3. The van der Waals surface area contributed by atoms with Crippen LogP contribution < -0.4 is 5.32 Å². The van der Waals surface area contributed by atoms with Gasteiger partial charge < -0.3 is 14.8 Å². The van der Waals surface area contributed by atoms with E-state index in [-0.39, 0.29) is 23.1 Å². The standard InChI is InChI=1S/C40H67NO5S2/c1-8-9-10-11-12-13-14-15-16-17-18-19-20-21-22-23-24-30-37(44)41-31-33-48-47-32-26-28-35(42)27-25-29-36(43)38(45-7)40(5,6)34-46-39(2,3)4/h9-10,12-13,15-16,18-19,21-22,38H,8,11,14,17,20,23-34H2,1-7H3,(H,41,44)/b10-9-,13-12-,16-15-,19-18-,22-21-/t38-/m0/s1. The number of Topliss-reactive ketones (excluding diaryl/α,β-unsaturated/α-hetero) is 2. The van der Waals surface area contributed by atoms with Crippen LogP contribution in [0.4, 0.5) is 0 Å². The molecule has 6 nitrogen and oxygen atoms in total. The minimum absolute atomic E-state index is 0.0252. The Balaban J connectivity index is 3.76. The molecule has 0 saturated heterocycles. The zero-order valence-electron chi connectivity index (χ0n) is 31.2. The molecular weight excluding hydrogens is 639 g/mol. The van der Waals surface area contributed by atoms with Crippen molar-refractivity contribution in [3.63, 3.8) is 0 Å². The van der Waals surface area contributed by atoms with Crippen LogP contribution in [0.3, 0.4) is 0 Å². The fourth-order valence-corrected chi connectivity index (χ4v) is 6.59. The Labute approximate surface area is 301 Å². The number of amides is 1. The van der Waals surface area contributed by atoms with E-state index in [4.69, 9.17) is 9.47 Å². The van der Waals surface area contributed by atoms with Crippen LogP contribution >= 0.6 is 21.6 Å². The molecule has 0 aliphatic carbocycles. The van der Waals surface area contributed by atoms with Gasteiger partial charge in [0.25, 0.3) is 0 Å². The second-order valence-electron chi connectivity index (χ2n) is 13.6. The Kier molecular flexibility index (Phi) is 28.8. The predicted molar refractivity (Wildman–Crippen MR) is 210 cm³/mol. The average Bonchev–Trinajstić information content (AvgIpc) is 3.02. The topological polar surface area (TPSA) is 81.7 Å². The number of ether oxygens (including phenoxy) is 2. The summed E-state index contributed by atoms with van der Waals surface area (Å²) < 4.78 is 11.4. The van der Waals surface area contributed by atoms with Crippen molar-refractivity contribution in [2.24, 2.45) is 5.41 Å². The van der Waals surface area contributed by atoms with E-state index in [1.807, 2.05) is 34.6 Å². The SMILES string of the molecule is CC/C=C\C/C=C\C/C=C\C/C=C\C/C=C\CCCC(=O)NCCSSCCCC(=O)CCCC(=O)[C@H](OC)C(C)(C)COC(C)(C)C. The molecule has 0 bridgehead atoms. The van der Waals surface area contributed by atoms with Gasteiger partial charge in [-0.05, 0) is 78.6 Å². The van der Waals surface area contributed by atoms with Crippen molar-refractivity contribution in [2.45, 2.75) is 137 Å². The first-order valence-electron chi connectivity index (χ1n) is 17.9. The van der Waals surface area contributed by atoms with Crippen molar-refractivity contribution in [3.05, 3.63) is 60.8 Å². The van der Waals surface area contributed by atoms with E-state index in [1.165, 1.54) is 0 Å². The van der Waals surface area contributed by atoms with E-state index in [2.05, 4.69) is 73.0 Å². The molecule has 0 fully saturated rings. The minimum Gasteiger partial charge on any atom is -0.375 e. The Bertz CT molecular complexity index is 1010. The number of allylic oxidation sites excluding steroid dienone is 10. The Morgan fingerprint density at radius 3 is 1.79 bits per heavy atom. The van der Waals surface area contributed by atoms with Gasteiger partial charge >= 0.3 is 0 Å². The zero-order valence-corrected chi connectivity index (χ0v) is 32.9. The number of nitrogens with one attached hydrogen (secondary N) is 1. The molecule has 8 heteroatoms. The van der Waals surface area contributed by atoms with Gasteiger partial charge in [-0.15, -0.1) is 0 Å². The number of carbonyl (C=O) groups excluding carboxylic acids is 3. The fraction of sp³-hybridized carbons (Fsp3) is 0.675. The molecule has 0 aromatic carbocycles. The molecule has 0 unspecified atom stereocenters. The summed E-state index contributed by atoms with van der Waals surface area (Å²) in [6.45, 7) is 13.2. The Morgan fingerprint density at radius 1 is 0.688 bits per heavy atom. The Morgan fingerprint density at radius 2 is 1.23 bits per heavy atom. The van der Waals surface area contributed by atoms with Gasteiger partial charge in [0, 0.05) is 56.3 Å². The highest BCUT2D eigenvalue weighted by Gasteiger charge is 2.36. The second kappa shape index (κ2) is 30.0. The van der Waals surface area contributed by atoms with Gasteiger partial charge in [0.2, 0.25) is 5.91 Å². The summed E-state index contributed by atoms with van der Waals surface area (Å²) in [4.78, 5) is 37.2. The van der Waals surface area contributed by atoms with Crippen LogP contribution in [0.5, 0.6) is 0 Å². The maximum Gasteiger partial charge on any atom is 0.220 e.